The first-order valence-corrected chi connectivity index (χ1v) is 11.4. The zero-order chi connectivity index (χ0) is 22.1. The molecule has 8 heteroatoms. The standard InChI is InChI=1S/C24H23N5O2S/c1-4-30-18-11-9-17(10-12-18)29-23(20-13-25-22-8-6-5-7-19(20)22)26-27-24(29)32-14-21-15(2)28-31-16(21)3/h5-13,25H,4,14H2,1-3H3. The Bertz CT molecular complexity index is 1350. The van der Waals surface area contributed by atoms with Crippen LogP contribution in [0.1, 0.15) is 23.9 Å². The SMILES string of the molecule is CCOc1ccc(-n2c(SCc3c(C)noc3C)nnc2-c2c[nH]c3ccccc23)cc1. The minimum Gasteiger partial charge on any atom is -0.494 e. The largest absolute Gasteiger partial charge is 0.494 e. The van der Waals surface area contributed by atoms with Crippen molar-refractivity contribution < 1.29 is 9.26 Å². The number of hydrogen-bond donors (Lipinski definition) is 1. The molecule has 32 heavy (non-hydrogen) atoms. The molecule has 0 unspecified atom stereocenters. The number of ether oxygens (including phenoxy) is 1. The van der Waals surface area contributed by atoms with E-state index in [-0.39, 0.29) is 0 Å². The Morgan fingerprint density at radius 2 is 1.88 bits per heavy atom. The molecule has 0 aliphatic heterocycles. The summed E-state index contributed by atoms with van der Waals surface area (Å²) in [6, 6.07) is 16.2. The molecule has 2 aromatic carbocycles. The molecule has 0 spiro atoms. The monoisotopic (exact) mass is 445 g/mol. The third-order valence-electron chi connectivity index (χ3n) is 5.40. The molecule has 3 aromatic heterocycles. The Balaban J connectivity index is 1.59. The van der Waals surface area contributed by atoms with Gasteiger partial charge in [0.1, 0.15) is 11.5 Å². The van der Waals surface area contributed by atoms with Gasteiger partial charge in [0, 0.05) is 39.7 Å². The Labute approximate surface area is 189 Å². The molecule has 0 bridgehead atoms. The second-order valence-corrected chi connectivity index (χ2v) is 8.35. The van der Waals surface area contributed by atoms with Crippen LogP contribution in [0, 0.1) is 13.8 Å². The quantitative estimate of drug-likeness (QED) is 0.323. The van der Waals surface area contributed by atoms with E-state index >= 15 is 0 Å². The van der Waals surface area contributed by atoms with Crippen molar-refractivity contribution in [2.24, 2.45) is 0 Å². The zero-order valence-electron chi connectivity index (χ0n) is 18.1. The van der Waals surface area contributed by atoms with Crippen molar-refractivity contribution in [2.75, 3.05) is 6.61 Å². The number of aryl methyl sites for hydroxylation is 2. The van der Waals surface area contributed by atoms with Gasteiger partial charge in [-0.1, -0.05) is 35.1 Å². The fourth-order valence-corrected chi connectivity index (χ4v) is 4.84. The van der Waals surface area contributed by atoms with Crippen LogP contribution in [-0.2, 0) is 5.75 Å². The van der Waals surface area contributed by atoms with Gasteiger partial charge in [-0.3, -0.25) is 4.57 Å². The lowest BCUT2D eigenvalue weighted by Crippen LogP contribution is -2.00. The van der Waals surface area contributed by atoms with Crippen LogP contribution in [0.4, 0.5) is 0 Å². The minimum absolute atomic E-state index is 0.630. The van der Waals surface area contributed by atoms with E-state index < -0.39 is 0 Å². The molecule has 0 atom stereocenters. The third-order valence-corrected chi connectivity index (χ3v) is 6.35. The highest BCUT2D eigenvalue weighted by molar-refractivity contribution is 7.98. The third kappa shape index (κ3) is 3.67. The van der Waals surface area contributed by atoms with E-state index in [0.29, 0.717) is 12.4 Å². The average Bonchev–Trinajstić information content (AvgIpc) is 3.50. The summed E-state index contributed by atoms with van der Waals surface area (Å²) in [7, 11) is 0. The number of aromatic amines is 1. The molecule has 0 aliphatic carbocycles. The average molecular weight is 446 g/mol. The van der Waals surface area contributed by atoms with Crippen molar-refractivity contribution in [2.45, 2.75) is 31.7 Å². The van der Waals surface area contributed by atoms with Gasteiger partial charge in [-0.15, -0.1) is 10.2 Å². The van der Waals surface area contributed by atoms with Gasteiger partial charge in [-0.05, 0) is 51.1 Å². The van der Waals surface area contributed by atoms with E-state index in [1.807, 2.05) is 63.4 Å². The molecule has 1 N–H and O–H groups in total. The predicted octanol–water partition coefficient (Wildman–Crippen LogP) is 5.71. The molecule has 0 saturated heterocycles. The first-order chi connectivity index (χ1) is 15.7. The Kier molecular flexibility index (Phi) is 5.45. The van der Waals surface area contributed by atoms with E-state index in [4.69, 9.17) is 9.26 Å². The lowest BCUT2D eigenvalue weighted by molar-refractivity contribution is 0.340. The number of rotatable bonds is 7. The summed E-state index contributed by atoms with van der Waals surface area (Å²) >= 11 is 1.61. The van der Waals surface area contributed by atoms with Crippen LogP contribution < -0.4 is 4.74 Å². The Hall–Kier alpha value is -3.52. The number of H-pyrrole nitrogens is 1. The van der Waals surface area contributed by atoms with E-state index in [0.717, 1.165) is 55.9 Å². The topological polar surface area (TPSA) is 81.8 Å². The fourth-order valence-electron chi connectivity index (χ4n) is 3.73. The first-order valence-electron chi connectivity index (χ1n) is 10.5. The maximum Gasteiger partial charge on any atom is 0.196 e. The molecule has 162 valence electrons. The smallest absolute Gasteiger partial charge is 0.196 e. The lowest BCUT2D eigenvalue weighted by atomic mass is 10.1. The molecule has 5 rings (SSSR count). The number of benzene rings is 2. The Morgan fingerprint density at radius 3 is 2.62 bits per heavy atom. The normalized spacial score (nSPS) is 11.3. The molecule has 7 nitrogen and oxygen atoms in total. The minimum atomic E-state index is 0.630. The molecule has 0 radical (unpaired) electrons. The van der Waals surface area contributed by atoms with Gasteiger partial charge >= 0.3 is 0 Å². The van der Waals surface area contributed by atoms with E-state index in [1.54, 1.807) is 11.8 Å². The van der Waals surface area contributed by atoms with Gasteiger partial charge < -0.3 is 14.2 Å². The van der Waals surface area contributed by atoms with Crippen LogP contribution in [-0.4, -0.2) is 31.5 Å². The molecule has 0 saturated carbocycles. The van der Waals surface area contributed by atoms with Crippen LogP contribution in [0.15, 0.2) is 64.4 Å². The van der Waals surface area contributed by atoms with Crippen molar-refractivity contribution in [1.29, 1.82) is 0 Å². The summed E-state index contributed by atoms with van der Waals surface area (Å²) in [6.07, 6.45) is 1.99. The summed E-state index contributed by atoms with van der Waals surface area (Å²) in [5.74, 6) is 3.15. The van der Waals surface area contributed by atoms with Crippen molar-refractivity contribution >= 4 is 22.7 Å². The van der Waals surface area contributed by atoms with E-state index in [1.165, 1.54) is 0 Å². The molecule has 5 aromatic rings. The molecule has 0 fully saturated rings. The number of para-hydroxylation sites is 1. The summed E-state index contributed by atoms with van der Waals surface area (Å²) in [6.45, 7) is 6.50. The molecule has 3 heterocycles. The van der Waals surface area contributed by atoms with Gasteiger partial charge in [0.2, 0.25) is 0 Å². The maximum atomic E-state index is 5.62. The van der Waals surface area contributed by atoms with Gasteiger partial charge in [0.25, 0.3) is 0 Å². The Morgan fingerprint density at radius 1 is 1.06 bits per heavy atom. The number of nitrogens with zero attached hydrogens (tertiary/aromatic N) is 4. The summed E-state index contributed by atoms with van der Waals surface area (Å²) < 4.78 is 13.0. The molecular weight excluding hydrogens is 422 g/mol. The second kappa shape index (κ2) is 8.55. The molecule has 0 amide bonds. The van der Waals surface area contributed by atoms with E-state index in [9.17, 15) is 0 Å². The van der Waals surface area contributed by atoms with Crippen LogP contribution in [0.5, 0.6) is 5.75 Å². The number of nitrogens with one attached hydrogen (secondary N) is 1. The van der Waals surface area contributed by atoms with Gasteiger partial charge in [0.05, 0.1) is 12.3 Å². The van der Waals surface area contributed by atoms with Crippen LogP contribution >= 0.6 is 11.8 Å². The highest BCUT2D eigenvalue weighted by Crippen LogP contribution is 2.34. The van der Waals surface area contributed by atoms with Gasteiger partial charge in [-0.25, -0.2) is 0 Å². The predicted molar refractivity (Wildman–Crippen MR) is 125 cm³/mol. The van der Waals surface area contributed by atoms with Crippen molar-refractivity contribution in [3.8, 4) is 22.8 Å². The van der Waals surface area contributed by atoms with Crippen LogP contribution in [0.3, 0.4) is 0 Å². The second-order valence-electron chi connectivity index (χ2n) is 7.41. The number of aromatic nitrogens is 5. The fraction of sp³-hybridized carbons (Fsp3) is 0.208. The maximum absolute atomic E-state index is 5.62. The van der Waals surface area contributed by atoms with Crippen molar-refractivity contribution in [3.63, 3.8) is 0 Å². The van der Waals surface area contributed by atoms with Gasteiger partial charge in [-0.2, -0.15) is 0 Å². The number of thioether (sulfide) groups is 1. The number of fused-ring (bicyclic) bond motifs is 1. The van der Waals surface area contributed by atoms with Crippen molar-refractivity contribution in [1.82, 2.24) is 24.9 Å². The highest BCUT2D eigenvalue weighted by atomic mass is 32.2. The highest BCUT2D eigenvalue weighted by Gasteiger charge is 2.20. The molecule has 0 aliphatic rings. The number of hydrogen-bond acceptors (Lipinski definition) is 6. The summed E-state index contributed by atoms with van der Waals surface area (Å²) in [5.41, 5.74) is 5.03. The van der Waals surface area contributed by atoms with Crippen molar-refractivity contribution in [3.05, 3.63) is 71.7 Å². The zero-order valence-corrected chi connectivity index (χ0v) is 18.9. The molecular formula is C24H23N5O2S. The van der Waals surface area contributed by atoms with Gasteiger partial charge in [0.15, 0.2) is 11.0 Å². The first kappa shape index (κ1) is 20.4. The van der Waals surface area contributed by atoms with E-state index in [2.05, 4.69) is 37.0 Å². The summed E-state index contributed by atoms with van der Waals surface area (Å²) in [5, 5.41) is 15.1. The van der Waals surface area contributed by atoms with Crippen LogP contribution in [0.25, 0.3) is 28.0 Å². The summed E-state index contributed by atoms with van der Waals surface area (Å²) in [4.78, 5) is 3.34. The lowest BCUT2D eigenvalue weighted by Gasteiger charge is -2.11. The van der Waals surface area contributed by atoms with Crippen LogP contribution in [0.2, 0.25) is 0 Å².